The minimum Gasteiger partial charge on any atom is -0.493 e. The number of hydrogen-bond acceptors (Lipinski definition) is 2. The molecule has 0 saturated carbocycles. The van der Waals surface area contributed by atoms with Crippen LogP contribution >= 0.6 is 23.2 Å². The van der Waals surface area contributed by atoms with Crippen molar-refractivity contribution in [1.82, 2.24) is 9.88 Å². The normalized spacial score (nSPS) is 18.1. The lowest BCUT2D eigenvalue weighted by Gasteiger charge is -2.19. The fourth-order valence-electron chi connectivity index (χ4n) is 3.80. The van der Waals surface area contributed by atoms with Crippen molar-refractivity contribution in [3.05, 3.63) is 81.1 Å². The standard InChI is InChI=1S/C20H16Cl2N2O/c21-15-5-6-16(22)20-14(15)11-23-19(17-2-1-8-24(17)20)13-4-3-12-7-9-25-18(12)10-13/h1-6,8,10,19,23H,7,9,11H2. The highest BCUT2D eigenvalue weighted by molar-refractivity contribution is 6.35. The zero-order valence-electron chi connectivity index (χ0n) is 13.4. The largest absolute Gasteiger partial charge is 0.493 e. The molecule has 0 fully saturated rings. The molecular formula is C20H16Cl2N2O. The highest BCUT2D eigenvalue weighted by atomic mass is 35.5. The van der Waals surface area contributed by atoms with Crippen molar-refractivity contribution in [2.75, 3.05) is 6.61 Å². The van der Waals surface area contributed by atoms with Gasteiger partial charge in [-0.2, -0.15) is 0 Å². The van der Waals surface area contributed by atoms with Crippen molar-refractivity contribution in [1.29, 1.82) is 0 Å². The maximum atomic E-state index is 6.51. The molecule has 1 atom stereocenters. The third kappa shape index (κ3) is 2.38. The topological polar surface area (TPSA) is 26.2 Å². The Morgan fingerprint density at radius 3 is 2.88 bits per heavy atom. The Labute approximate surface area is 156 Å². The Hall–Kier alpha value is -1.94. The van der Waals surface area contributed by atoms with E-state index in [0.29, 0.717) is 11.6 Å². The summed E-state index contributed by atoms with van der Waals surface area (Å²) in [7, 11) is 0. The van der Waals surface area contributed by atoms with Crippen LogP contribution in [0.1, 0.15) is 28.4 Å². The highest BCUT2D eigenvalue weighted by Gasteiger charge is 2.26. The summed E-state index contributed by atoms with van der Waals surface area (Å²) in [4.78, 5) is 0. The summed E-state index contributed by atoms with van der Waals surface area (Å²) >= 11 is 13.0. The van der Waals surface area contributed by atoms with E-state index in [9.17, 15) is 0 Å². The number of aromatic nitrogens is 1. The molecule has 1 aromatic heterocycles. The third-order valence-electron chi connectivity index (χ3n) is 5.03. The van der Waals surface area contributed by atoms with Crippen LogP contribution in [0.4, 0.5) is 0 Å². The minimum absolute atomic E-state index is 0.0454. The zero-order chi connectivity index (χ0) is 17.0. The van der Waals surface area contributed by atoms with Crippen LogP contribution in [0.3, 0.4) is 0 Å². The van der Waals surface area contributed by atoms with Gasteiger partial charge in [0.2, 0.25) is 0 Å². The number of halogens is 2. The van der Waals surface area contributed by atoms with E-state index in [0.717, 1.165) is 40.7 Å². The number of nitrogens with zero attached hydrogens (tertiary/aromatic N) is 1. The summed E-state index contributed by atoms with van der Waals surface area (Å²) in [6.45, 7) is 1.42. The molecule has 3 aromatic rings. The number of benzene rings is 2. The predicted molar refractivity (Wildman–Crippen MR) is 100 cm³/mol. The van der Waals surface area contributed by atoms with E-state index in [2.05, 4.69) is 34.1 Å². The van der Waals surface area contributed by atoms with Crippen LogP contribution in [0.2, 0.25) is 10.0 Å². The average molecular weight is 371 g/mol. The zero-order valence-corrected chi connectivity index (χ0v) is 14.9. The highest BCUT2D eigenvalue weighted by Crippen LogP contribution is 2.38. The fourth-order valence-corrected chi connectivity index (χ4v) is 4.29. The molecule has 2 aromatic carbocycles. The number of hydrogen-bond donors (Lipinski definition) is 1. The molecule has 2 aliphatic rings. The summed E-state index contributed by atoms with van der Waals surface area (Å²) in [5.74, 6) is 0.996. The molecule has 126 valence electrons. The summed E-state index contributed by atoms with van der Waals surface area (Å²) < 4.78 is 7.90. The van der Waals surface area contributed by atoms with Crippen LogP contribution < -0.4 is 10.1 Å². The lowest BCUT2D eigenvalue weighted by Crippen LogP contribution is -2.21. The molecule has 3 nitrogen and oxygen atoms in total. The second kappa shape index (κ2) is 5.80. The maximum absolute atomic E-state index is 6.51. The number of rotatable bonds is 1. The molecule has 5 heteroatoms. The number of fused-ring (bicyclic) bond motifs is 4. The molecule has 0 amide bonds. The van der Waals surface area contributed by atoms with E-state index in [-0.39, 0.29) is 6.04 Å². The third-order valence-corrected chi connectivity index (χ3v) is 5.69. The van der Waals surface area contributed by atoms with Gasteiger partial charge in [0.1, 0.15) is 5.75 Å². The molecule has 0 saturated heterocycles. The monoisotopic (exact) mass is 370 g/mol. The van der Waals surface area contributed by atoms with Gasteiger partial charge in [-0.1, -0.05) is 35.3 Å². The molecule has 2 aliphatic heterocycles. The van der Waals surface area contributed by atoms with Crippen LogP contribution in [-0.4, -0.2) is 11.2 Å². The molecule has 0 radical (unpaired) electrons. The maximum Gasteiger partial charge on any atom is 0.122 e. The number of ether oxygens (including phenoxy) is 1. The molecule has 0 spiro atoms. The molecule has 0 aliphatic carbocycles. The molecule has 5 rings (SSSR count). The van der Waals surface area contributed by atoms with Gasteiger partial charge in [-0.15, -0.1) is 0 Å². The Bertz CT molecular complexity index is 980. The van der Waals surface area contributed by atoms with E-state index in [4.69, 9.17) is 27.9 Å². The Balaban J connectivity index is 1.67. The average Bonchev–Trinajstić information content (AvgIpc) is 3.24. The van der Waals surface area contributed by atoms with Gasteiger partial charge < -0.3 is 14.6 Å². The molecule has 3 heterocycles. The Kier molecular flexibility index (Phi) is 3.56. The van der Waals surface area contributed by atoms with Crippen molar-refractivity contribution >= 4 is 23.2 Å². The molecule has 0 bridgehead atoms. The van der Waals surface area contributed by atoms with Crippen molar-refractivity contribution in [2.45, 2.75) is 19.0 Å². The van der Waals surface area contributed by atoms with Gasteiger partial charge in [0.05, 0.1) is 23.4 Å². The van der Waals surface area contributed by atoms with E-state index in [1.54, 1.807) is 0 Å². The lowest BCUT2D eigenvalue weighted by molar-refractivity contribution is 0.356. The van der Waals surface area contributed by atoms with E-state index >= 15 is 0 Å². The van der Waals surface area contributed by atoms with Crippen molar-refractivity contribution in [3.8, 4) is 11.4 Å². The summed E-state index contributed by atoms with van der Waals surface area (Å²) in [5.41, 5.74) is 5.58. The fraction of sp³-hybridized carbons (Fsp3) is 0.200. The first-order chi connectivity index (χ1) is 12.2. The van der Waals surface area contributed by atoms with Crippen molar-refractivity contribution in [3.63, 3.8) is 0 Å². The predicted octanol–water partition coefficient (Wildman–Crippen LogP) is 4.91. The SMILES string of the molecule is Clc1ccc(Cl)c2c1CNC(c1ccc3c(c1)OCC3)c1cccn1-2. The van der Waals surface area contributed by atoms with E-state index in [1.165, 1.54) is 11.1 Å². The van der Waals surface area contributed by atoms with Gasteiger partial charge in [0.25, 0.3) is 0 Å². The minimum atomic E-state index is 0.0454. The quantitative estimate of drug-likeness (QED) is 0.658. The van der Waals surface area contributed by atoms with Gasteiger partial charge >= 0.3 is 0 Å². The number of nitrogens with one attached hydrogen (secondary N) is 1. The van der Waals surface area contributed by atoms with Crippen LogP contribution in [0.5, 0.6) is 5.75 Å². The van der Waals surface area contributed by atoms with Crippen molar-refractivity contribution in [2.24, 2.45) is 0 Å². The summed E-state index contributed by atoms with van der Waals surface area (Å²) in [6, 6.07) is 14.4. The molecule has 1 unspecified atom stereocenters. The Morgan fingerprint density at radius 1 is 1.08 bits per heavy atom. The van der Waals surface area contributed by atoms with Gasteiger partial charge in [-0.3, -0.25) is 0 Å². The smallest absolute Gasteiger partial charge is 0.122 e. The second-order valence-electron chi connectivity index (χ2n) is 6.44. The molecule has 1 N–H and O–H groups in total. The van der Waals surface area contributed by atoms with Gasteiger partial charge in [0, 0.05) is 35.4 Å². The van der Waals surface area contributed by atoms with Crippen LogP contribution in [0, 0.1) is 0 Å². The van der Waals surface area contributed by atoms with E-state index in [1.807, 2.05) is 24.4 Å². The van der Waals surface area contributed by atoms with Gasteiger partial charge in [-0.25, -0.2) is 0 Å². The van der Waals surface area contributed by atoms with Crippen LogP contribution in [0.25, 0.3) is 5.69 Å². The first kappa shape index (κ1) is 15.3. The first-order valence-corrected chi connectivity index (χ1v) is 9.11. The summed E-state index contributed by atoms with van der Waals surface area (Å²) in [6.07, 6.45) is 3.03. The van der Waals surface area contributed by atoms with Crippen LogP contribution in [0.15, 0.2) is 48.7 Å². The second-order valence-corrected chi connectivity index (χ2v) is 7.25. The first-order valence-electron chi connectivity index (χ1n) is 8.36. The Morgan fingerprint density at radius 2 is 1.96 bits per heavy atom. The van der Waals surface area contributed by atoms with Gasteiger partial charge in [0.15, 0.2) is 0 Å². The molecular weight excluding hydrogens is 355 g/mol. The van der Waals surface area contributed by atoms with E-state index < -0.39 is 0 Å². The van der Waals surface area contributed by atoms with Crippen LogP contribution in [-0.2, 0) is 13.0 Å². The van der Waals surface area contributed by atoms with Crippen molar-refractivity contribution < 1.29 is 4.74 Å². The van der Waals surface area contributed by atoms with Gasteiger partial charge in [-0.05, 0) is 41.5 Å². The molecule has 25 heavy (non-hydrogen) atoms. The lowest BCUT2D eigenvalue weighted by atomic mass is 10.0. The summed E-state index contributed by atoms with van der Waals surface area (Å²) in [5, 5.41) is 5.07.